The van der Waals surface area contributed by atoms with Crippen LogP contribution in [-0.4, -0.2) is 22.9 Å². The van der Waals surface area contributed by atoms with Crippen molar-refractivity contribution in [3.8, 4) is 0 Å². The summed E-state index contributed by atoms with van der Waals surface area (Å²) in [5.41, 5.74) is 0.370. The van der Waals surface area contributed by atoms with E-state index in [4.69, 9.17) is 0 Å². The highest BCUT2D eigenvalue weighted by atomic mass is 32.1. The predicted octanol–water partition coefficient (Wildman–Crippen LogP) is 2.35. The molecule has 1 aromatic carbocycles. The van der Waals surface area contributed by atoms with Crippen molar-refractivity contribution in [1.82, 2.24) is 4.98 Å². The molecule has 1 heterocycles. The summed E-state index contributed by atoms with van der Waals surface area (Å²) in [6.07, 6.45) is 1.54. The van der Waals surface area contributed by atoms with Gasteiger partial charge in [-0.15, -0.1) is 11.3 Å². The molecule has 0 bridgehead atoms. The van der Waals surface area contributed by atoms with E-state index in [2.05, 4.69) is 15.6 Å². The molecule has 0 radical (unpaired) electrons. The Morgan fingerprint density at radius 3 is 2.84 bits per heavy atom. The fourth-order valence-electron chi connectivity index (χ4n) is 1.48. The van der Waals surface area contributed by atoms with E-state index >= 15 is 0 Å². The maximum Gasteiger partial charge on any atom is 0.282 e. The molecule has 2 aromatic rings. The van der Waals surface area contributed by atoms with Gasteiger partial charge in [-0.2, -0.15) is 0 Å². The summed E-state index contributed by atoms with van der Waals surface area (Å²) < 4.78 is 0. The minimum absolute atomic E-state index is 0.00736. The number of carbonyl (C=O) groups is 1. The molecule has 0 aliphatic rings. The molecule has 7 nitrogen and oxygen atoms in total. The molecule has 98 valence electrons. The molecule has 0 aliphatic heterocycles. The number of carbonyl (C=O) groups excluding carboxylic acids is 1. The summed E-state index contributed by atoms with van der Waals surface area (Å²) in [6.45, 7) is 0. The molecule has 1 aromatic heterocycles. The number of benzene rings is 1. The summed E-state index contributed by atoms with van der Waals surface area (Å²) in [6, 6.07) is 4.27. The molecular weight excluding hydrogens is 268 g/mol. The fourth-order valence-corrected chi connectivity index (χ4v) is 2.01. The zero-order chi connectivity index (χ0) is 13.8. The highest BCUT2D eigenvalue weighted by Gasteiger charge is 2.21. The van der Waals surface area contributed by atoms with Crippen LogP contribution in [0, 0.1) is 10.1 Å². The van der Waals surface area contributed by atoms with Gasteiger partial charge in [0, 0.05) is 30.4 Å². The third kappa shape index (κ3) is 2.86. The van der Waals surface area contributed by atoms with E-state index in [0.29, 0.717) is 10.8 Å². The van der Waals surface area contributed by atoms with Crippen molar-refractivity contribution in [2.24, 2.45) is 0 Å². The number of hydrogen-bond donors (Lipinski definition) is 2. The average Bonchev–Trinajstić information content (AvgIpc) is 2.90. The quantitative estimate of drug-likeness (QED) is 0.661. The van der Waals surface area contributed by atoms with Gasteiger partial charge in [0.15, 0.2) is 5.13 Å². The summed E-state index contributed by atoms with van der Waals surface area (Å²) >= 11 is 1.24. The van der Waals surface area contributed by atoms with Gasteiger partial charge in [0.25, 0.3) is 11.6 Å². The third-order valence-electron chi connectivity index (χ3n) is 2.38. The van der Waals surface area contributed by atoms with E-state index < -0.39 is 10.8 Å². The molecule has 0 spiro atoms. The Bertz CT molecular complexity index is 612. The van der Waals surface area contributed by atoms with Crippen LogP contribution in [0.1, 0.15) is 10.4 Å². The number of nitro benzene ring substituents is 1. The van der Waals surface area contributed by atoms with Crippen LogP contribution in [0.2, 0.25) is 0 Å². The molecule has 19 heavy (non-hydrogen) atoms. The molecule has 0 fully saturated rings. The number of rotatable bonds is 4. The first kappa shape index (κ1) is 13.0. The van der Waals surface area contributed by atoms with Crippen LogP contribution in [0.5, 0.6) is 0 Å². The molecule has 8 heteroatoms. The van der Waals surface area contributed by atoms with Crippen LogP contribution in [0.3, 0.4) is 0 Å². The highest BCUT2D eigenvalue weighted by Crippen LogP contribution is 2.24. The van der Waals surface area contributed by atoms with Gasteiger partial charge in [-0.3, -0.25) is 20.2 Å². The lowest BCUT2D eigenvalue weighted by atomic mass is 10.1. The monoisotopic (exact) mass is 278 g/mol. The van der Waals surface area contributed by atoms with Crippen molar-refractivity contribution in [3.63, 3.8) is 0 Å². The predicted molar refractivity (Wildman–Crippen MR) is 72.7 cm³/mol. The van der Waals surface area contributed by atoms with Crippen molar-refractivity contribution in [2.45, 2.75) is 0 Å². The van der Waals surface area contributed by atoms with Crippen LogP contribution in [0.25, 0.3) is 0 Å². The number of hydrogen-bond acceptors (Lipinski definition) is 6. The third-order valence-corrected chi connectivity index (χ3v) is 3.07. The van der Waals surface area contributed by atoms with Gasteiger partial charge in [-0.05, 0) is 12.1 Å². The van der Waals surface area contributed by atoms with Gasteiger partial charge in [-0.1, -0.05) is 0 Å². The Morgan fingerprint density at radius 2 is 2.26 bits per heavy atom. The Hall–Kier alpha value is -2.48. The van der Waals surface area contributed by atoms with Gasteiger partial charge in [0.1, 0.15) is 5.56 Å². The Labute approximate surface area is 112 Å². The first-order chi connectivity index (χ1) is 9.11. The van der Waals surface area contributed by atoms with E-state index in [1.807, 2.05) is 0 Å². The van der Waals surface area contributed by atoms with Crippen molar-refractivity contribution >= 4 is 33.8 Å². The Morgan fingerprint density at radius 1 is 1.47 bits per heavy atom. The topological polar surface area (TPSA) is 97.2 Å². The van der Waals surface area contributed by atoms with Crippen molar-refractivity contribution in [3.05, 3.63) is 45.5 Å². The first-order valence-corrected chi connectivity index (χ1v) is 6.17. The number of amides is 1. The smallest absolute Gasteiger partial charge is 0.282 e. The van der Waals surface area contributed by atoms with Crippen molar-refractivity contribution in [2.75, 3.05) is 17.7 Å². The Balaban J connectivity index is 2.35. The molecule has 1 amide bonds. The number of nitro groups is 1. The van der Waals surface area contributed by atoms with Crippen LogP contribution in [0.4, 0.5) is 16.5 Å². The molecule has 2 rings (SSSR count). The van der Waals surface area contributed by atoms with Crippen LogP contribution < -0.4 is 10.6 Å². The summed E-state index contributed by atoms with van der Waals surface area (Å²) in [5.74, 6) is -0.557. The second-order valence-electron chi connectivity index (χ2n) is 3.53. The lowest BCUT2D eigenvalue weighted by Gasteiger charge is -2.05. The molecule has 0 saturated carbocycles. The van der Waals surface area contributed by atoms with Crippen LogP contribution in [0.15, 0.2) is 29.8 Å². The Kier molecular flexibility index (Phi) is 3.71. The minimum Gasteiger partial charge on any atom is -0.388 e. The second kappa shape index (κ2) is 5.44. The molecule has 0 saturated heterocycles. The van der Waals surface area contributed by atoms with Gasteiger partial charge >= 0.3 is 0 Å². The van der Waals surface area contributed by atoms with E-state index in [9.17, 15) is 14.9 Å². The zero-order valence-electron chi connectivity index (χ0n) is 9.91. The number of aromatic nitrogens is 1. The molecule has 2 N–H and O–H groups in total. The maximum absolute atomic E-state index is 12.0. The highest BCUT2D eigenvalue weighted by molar-refractivity contribution is 7.13. The normalized spacial score (nSPS) is 9.95. The van der Waals surface area contributed by atoms with E-state index in [1.54, 1.807) is 18.6 Å². The zero-order valence-corrected chi connectivity index (χ0v) is 10.7. The van der Waals surface area contributed by atoms with Gasteiger partial charge in [0.2, 0.25) is 0 Å². The number of thiazole rings is 1. The van der Waals surface area contributed by atoms with Gasteiger partial charge in [-0.25, -0.2) is 4.98 Å². The number of anilines is 2. The fraction of sp³-hybridized carbons (Fsp3) is 0.0909. The lowest BCUT2D eigenvalue weighted by Crippen LogP contribution is -2.14. The second-order valence-corrected chi connectivity index (χ2v) is 4.42. The maximum atomic E-state index is 12.0. The van der Waals surface area contributed by atoms with Gasteiger partial charge in [0.05, 0.1) is 4.92 Å². The van der Waals surface area contributed by atoms with E-state index in [0.717, 1.165) is 0 Å². The summed E-state index contributed by atoms with van der Waals surface area (Å²) in [7, 11) is 1.67. The first-order valence-electron chi connectivity index (χ1n) is 5.29. The number of nitrogens with one attached hydrogen (secondary N) is 2. The van der Waals surface area contributed by atoms with E-state index in [-0.39, 0.29) is 11.3 Å². The van der Waals surface area contributed by atoms with E-state index in [1.165, 1.54) is 29.5 Å². The molecule has 0 aliphatic carbocycles. The van der Waals surface area contributed by atoms with Crippen LogP contribution >= 0.6 is 11.3 Å². The van der Waals surface area contributed by atoms with Gasteiger partial charge < -0.3 is 5.32 Å². The molecule has 0 atom stereocenters. The molecular formula is C11H10N4O3S. The summed E-state index contributed by atoms with van der Waals surface area (Å²) in [5, 5.41) is 18.4. The minimum atomic E-state index is -0.587. The summed E-state index contributed by atoms with van der Waals surface area (Å²) in [4.78, 5) is 26.3. The van der Waals surface area contributed by atoms with Crippen molar-refractivity contribution < 1.29 is 9.72 Å². The number of nitrogens with zero attached hydrogens (tertiary/aromatic N) is 2. The van der Waals surface area contributed by atoms with Crippen molar-refractivity contribution in [1.29, 1.82) is 0 Å². The molecule has 0 unspecified atom stereocenters. The average molecular weight is 278 g/mol. The van der Waals surface area contributed by atoms with Crippen LogP contribution in [-0.2, 0) is 0 Å². The lowest BCUT2D eigenvalue weighted by molar-refractivity contribution is -0.385. The largest absolute Gasteiger partial charge is 0.388 e. The standard InChI is InChI=1S/C11H10N4O3S/c1-12-7-2-3-9(15(17)18)8(6-7)10(16)14-11-13-4-5-19-11/h2-6,12H,1H3,(H,13,14,16). The SMILES string of the molecule is CNc1ccc([N+](=O)[O-])c(C(=O)Nc2nccs2)c1.